The lowest BCUT2D eigenvalue weighted by molar-refractivity contribution is 0.322. The molecule has 0 amide bonds. The molecule has 19 heavy (non-hydrogen) atoms. The largest absolute Gasteiger partial charge is 0.315 e. The highest BCUT2D eigenvalue weighted by Gasteiger charge is 2.08. The number of nitrogens with zero attached hydrogens (tertiary/aromatic N) is 2. The molecule has 0 aromatic carbocycles. The number of rotatable bonds is 8. The highest BCUT2D eigenvalue weighted by atomic mass is 15.1. The lowest BCUT2D eigenvalue weighted by Gasteiger charge is -2.20. The Kier molecular flexibility index (Phi) is 7.03. The van der Waals surface area contributed by atoms with Crippen LogP contribution in [0.4, 0.5) is 0 Å². The van der Waals surface area contributed by atoms with Crippen LogP contribution in [0.15, 0.2) is 24.4 Å². The Morgan fingerprint density at radius 2 is 1.95 bits per heavy atom. The van der Waals surface area contributed by atoms with Crippen molar-refractivity contribution in [1.29, 1.82) is 0 Å². The Hall–Kier alpha value is -0.930. The quantitative estimate of drug-likeness (QED) is 0.731. The first-order chi connectivity index (χ1) is 8.97. The van der Waals surface area contributed by atoms with Gasteiger partial charge in [-0.1, -0.05) is 26.8 Å². The van der Waals surface area contributed by atoms with E-state index in [1.54, 1.807) is 0 Å². The van der Waals surface area contributed by atoms with Crippen molar-refractivity contribution in [3.8, 4) is 0 Å². The number of hydrogen-bond acceptors (Lipinski definition) is 3. The Balaban J connectivity index is 2.04. The van der Waals surface area contributed by atoms with Crippen LogP contribution in [0.5, 0.6) is 0 Å². The summed E-state index contributed by atoms with van der Waals surface area (Å²) in [6.07, 6.45) is 4.12. The van der Waals surface area contributed by atoms with Crippen LogP contribution in [0.1, 0.15) is 32.9 Å². The van der Waals surface area contributed by atoms with Gasteiger partial charge in [0.2, 0.25) is 0 Å². The molecule has 0 saturated carbocycles. The van der Waals surface area contributed by atoms with Gasteiger partial charge in [0, 0.05) is 37.9 Å². The zero-order chi connectivity index (χ0) is 14.1. The van der Waals surface area contributed by atoms with Crippen LogP contribution in [0.2, 0.25) is 0 Å². The van der Waals surface area contributed by atoms with E-state index in [-0.39, 0.29) is 0 Å². The minimum Gasteiger partial charge on any atom is -0.315 e. The van der Waals surface area contributed by atoms with Gasteiger partial charge >= 0.3 is 0 Å². The molecule has 0 fully saturated rings. The number of nitrogens with one attached hydrogen (secondary N) is 1. The molecular formula is C16H29N3. The van der Waals surface area contributed by atoms with Gasteiger partial charge < -0.3 is 10.2 Å². The summed E-state index contributed by atoms with van der Waals surface area (Å²) >= 11 is 0. The number of aromatic nitrogens is 1. The van der Waals surface area contributed by atoms with Gasteiger partial charge in [-0.2, -0.15) is 0 Å². The number of pyridine rings is 1. The maximum atomic E-state index is 4.35. The standard InChI is InChI=1S/C16H29N3/c1-16(2,3)9-11-17-12-14-19(4)13-8-15-7-5-6-10-18-15/h5-7,10,17H,8-9,11-14H2,1-4H3. The van der Waals surface area contributed by atoms with Crippen molar-refractivity contribution in [2.75, 3.05) is 33.2 Å². The van der Waals surface area contributed by atoms with Crippen molar-refractivity contribution in [2.24, 2.45) is 5.41 Å². The van der Waals surface area contributed by atoms with E-state index in [4.69, 9.17) is 0 Å². The van der Waals surface area contributed by atoms with Gasteiger partial charge in [0.15, 0.2) is 0 Å². The van der Waals surface area contributed by atoms with E-state index in [2.05, 4.69) is 55.2 Å². The zero-order valence-corrected chi connectivity index (χ0v) is 12.9. The Morgan fingerprint density at radius 1 is 1.16 bits per heavy atom. The second-order valence-corrected chi connectivity index (χ2v) is 6.44. The fraction of sp³-hybridized carbons (Fsp3) is 0.688. The molecule has 0 bridgehead atoms. The highest BCUT2D eigenvalue weighted by Crippen LogP contribution is 2.16. The molecule has 1 aromatic heterocycles. The summed E-state index contributed by atoms with van der Waals surface area (Å²) in [4.78, 5) is 6.71. The Morgan fingerprint density at radius 3 is 2.58 bits per heavy atom. The SMILES string of the molecule is CN(CCNCCC(C)(C)C)CCc1ccccn1. The molecule has 3 nitrogen and oxygen atoms in total. The molecule has 0 aliphatic rings. The smallest absolute Gasteiger partial charge is 0.0416 e. The first-order valence-corrected chi connectivity index (χ1v) is 7.26. The molecular weight excluding hydrogens is 234 g/mol. The van der Waals surface area contributed by atoms with E-state index in [0.717, 1.165) is 32.6 Å². The third-order valence-electron chi connectivity index (χ3n) is 3.20. The van der Waals surface area contributed by atoms with E-state index in [0.29, 0.717) is 5.41 Å². The van der Waals surface area contributed by atoms with Crippen molar-refractivity contribution in [3.63, 3.8) is 0 Å². The molecule has 0 saturated heterocycles. The molecule has 1 aromatic rings. The van der Waals surface area contributed by atoms with Gasteiger partial charge in [-0.3, -0.25) is 4.98 Å². The van der Waals surface area contributed by atoms with Crippen LogP contribution in [0.3, 0.4) is 0 Å². The van der Waals surface area contributed by atoms with Gasteiger partial charge in [0.05, 0.1) is 0 Å². The third kappa shape index (κ3) is 8.73. The summed E-state index contributed by atoms with van der Waals surface area (Å²) in [7, 11) is 2.17. The Labute approximate surface area is 118 Å². The first-order valence-electron chi connectivity index (χ1n) is 7.26. The van der Waals surface area contributed by atoms with Crippen LogP contribution in [-0.2, 0) is 6.42 Å². The molecule has 0 spiro atoms. The van der Waals surface area contributed by atoms with Gasteiger partial charge in [-0.25, -0.2) is 0 Å². The van der Waals surface area contributed by atoms with Crippen molar-refractivity contribution in [2.45, 2.75) is 33.6 Å². The second-order valence-electron chi connectivity index (χ2n) is 6.44. The van der Waals surface area contributed by atoms with Crippen LogP contribution in [0, 0.1) is 5.41 Å². The Bertz CT molecular complexity index is 330. The predicted molar refractivity (Wildman–Crippen MR) is 82.4 cm³/mol. The summed E-state index contributed by atoms with van der Waals surface area (Å²) in [6.45, 7) is 11.2. The molecule has 1 rings (SSSR count). The van der Waals surface area contributed by atoms with Crippen LogP contribution in [0.25, 0.3) is 0 Å². The van der Waals surface area contributed by atoms with Crippen molar-refractivity contribution < 1.29 is 0 Å². The van der Waals surface area contributed by atoms with E-state index in [9.17, 15) is 0 Å². The van der Waals surface area contributed by atoms with Gasteiger partial charge in [-0.15, -0.1) is 0 Å². The van der Waals surface area contributed by atoms with Gasteiger partial charge in [0.1, 0.15) is 0 Å². The second kappa shape index (κ2) is 8.28. The average molecular weight is 263 g/mol. The number of likely N-dealkylation sites (N-methyl/N-ethyl adjacent to an activating group) is 1. The fourth-order valence-electron chi connectivity index (χ4n) is 1.82. The monoisotopic (exact) mass is 263 g/mol. The van der Waals surface area contributed by atoms with Crippen LogP contribution >= 0.6 is 0 Å². The normalized spacial score (nSPS) is 12.1. The first kappa shape index (κ1) is 16.1. The lowest BCUT2D eigenvalue weighted by Crippen LogP contribution is -2.32. The lowest BCUT2D eigenvalue weighted by atomic mass is 9.92. The van der Waals surface area contributed by atoms with E-state index in [1.165, 1.54) is 12.1 Å². The fourth-order valence-corrected chi connectivity index (χ4v) is 1.82. The van der Waals surface area contributed by atoms with Crippen molar-refractivity contribution >= 4 is 0 Å². The topological polar surface area (TPSA) is 28.2 Å². The summed E-state index contributed by atoms with van der Waals surface area (Å²) in [5, 5.41) is 3.51. The molecule has 1 heterocycles. The molecule has 0 aliphatic carbocycles. The molecule has 1 N–H and O–H groups in total. The maximum Gasteiger partial charge on any atom is 0.0416 e. The molecule has 0 atom stereocenters. The minimum atomic E-state index is 0.428. The minimum absolute atomic E-state index is 0.428. The summed E-state index contributed by atoms with van der Waals surface area (Å²) in [5.74, 6) is 0. The van der Waals surface area contributed by atoms with Crippen molar-refractivity contribution in [1.82, 2.24) is 15.2 Å². The van der Waals surface area contributed by atoms with Gasteiger partial charge in [-0.05, 0) is 37.6 Å². The van der Waals surface area contributed by atoms with Crippen LogP contribution < -0.4 is 5.32 Å². The van der Waals surface area contributed by atoms with E-state index in [1.807, 2.05) is 12.3 Å². The summed E-state index contributed by atoms with van der Waals surface area (Å²) in [5.41, 5.74) is 1.60. The van der Waals surface area contributed by atoms with Gasteiger partial charge in [0.25, 0.3) is 0 Å². The molecule has 0 unspecified atom stereocenters. The highest BCUT2D eigenvalue weighted by molar-refractivity contribution is 5.03. The molecule has 0 aliphatic heterocycles. The van der Waals surface area contributed by atoms with Crippen LogP contribution in [-0.4, -0.2) is 43.1 Å². The number of hydrogen-bond donors (Lipinski definition) is 1. The maximum absolute atomic E-state index is 4.35. The predicted octanol–water partition coefficient (Wildman–Crippen LogP) is 2.58. The molecule has 108 valence electrons. The third-order valence-corrected chi connectivity index (χ3v) is 3.20. The van der Waals surface area contributed by atoms with Crippen molar-refractivity contribution in [3.05, 3.63) is 30.1 Å². The molecule has 0 radical (unpaired) electrons. The summed E-state index contributed by atoms with van der Waals surface area (Å²) < 4.78 is 0. The van der Waals surface area contributed by atoms with E-state index < -0.39 is 0 Å². The summed E-state index contributed by atoms with van der Waals surface area (Å²) in [6, 6.07) is 6.11. The average Bonchev–Trinajstić information content (AvgIpc) is 2.36. The molecule has 3 heteroatoms. The zero-order valence-electron chi connectivity index (χ0n) is 12.9. The van der Waals surface area contributed by atoms with E-state index >= 15 is 0 Å².